The Labute approximate surface area is 458 Å². The maximum atomic E-state index is 12.3. The topological polar surface area (TPSA) is 72.8 Å². The molecule has 0 aliphatic rings. The third-order valence-electron chi connectivity index (χ3n) is 13.3. The van der Waals surface area contributed by atoms with Gasteiger partial charge in [-0.15, -0.1) is 0 Å². The predicted octanol–water partition coefficient (Wildman–Crippen LogP) is 21.4. The van der Waals surface area contributed by atoms with Crippen molar-refractivity contribution in [2.45, 2.75) is 290 Å². The van der Waals surface area contributed by atoms with E-state index in [1.165, 1.54) is 135 Å². The Kier molecular flexibility index (Phi) is 60.4. The summed E-state index contributed by atoms with van der Waals surface area (Å²) in [4.78, 5) is 24.6. The number of esters is 2. The van der Waals surface area contributed by atoms with Crippen molar-refractivity contribution in [3.8, 4) is 0 Å². The zero-order chi connectivity index (χ0) is 53.4. The molecule has 5 nitrogen and oxygen atoms in total. The summed E-state index contributed by atoms with van der Waals surface area (Å²) >= 11 is 0. The normalized spacial score (nSPS) is 13.1. The molecule has 0 fully saturated rings. The number of carbonyl (C=O) groups is 2. The Morgan fingerprint density at radius 3 is 0.811 bits per heavy atom. The molecule has 0 saturated heterocycles. The van der Waals surface area contributed by atoms with Crippen LogP contribution in [-0.4, -0.2) is 36.4 Å². The summed E-state index contributed by atoms with van der Waals surface area (Å²) in [5, 5.41) is 9.67. The molecule has 0 amide bonds. The van der Waals surface area contributed by atoms with Crippen LogP contribution in [0.3, 0.4) is 0 Å². The standard InChI is InChI=1S/C69H116O5/c1-3-5-7-9-11-13-15-17-19-21-23-25-26-27-28-29-30-31-32-33-34-35-36-37-38-39-40-41-42-44-46-48-50-52-54-56-58-60-62-64-69(72)74-67(65-70)66-73-68(71)63-61-59-57-55-53-51-49-47-45-43-24-22-20-18-16-14-12-10-8-6-4-2/h5-8,11-14,17-20,23-25,27-28,43,47,49,67,70H,3-4,9-10,15-16,21-22,26,29-42,44-46,48,50-66H2,1-2H3/b7-5-,8-6-,13-11-,14-12-,19-17-,20-18-,25-23-,28-27-,43-24-,49-47-. The third-order valence-corrected chi connectivity index (χ3v) is 13.3. The highest BCUT2D eigenvalue weighted by Crippen LogP contribution is 2.17. The van der Waals surface area contributed by atoms with Crippen LogP contribution in [0.4, 0.5) is 0 Å². The van der Waals surface area contributed by atoms with Gasteiger partial charge in [-0.3, -0.25) is 9.59 Å². The molecule has 5 heteroatoms. The van der Waals surface area contributed by atoms with Crippen LogP contribution in [0, 0.1) is 0 Å². The molecule has 0 rings (SSSR count). The molecule has 0 aromatic carbocycles. The fraction of sp³-hybridized carbons (Fsp3) is 0.681. The minimum absolute atomic E-state index is 0.0792. The molecule has 74 heavy (non-hydrogen) atoms. The number of carbonyl (C=O) groups excluding carboxylic acids is 2. The van der Waals surface area contributed by atoms with E-state index in [0.717, 1.165) is 122 Å². The Balaban J connectivity index is 3.46. The van der Waals surface area contributed by atoms with Crippen LogP contribution in [0.5, 0.6) is 0 Å². The summed E-state index contributed by atoms with van der Waals surface area (Å²) in [6.45, 7) is 3.91. The maximum absolute atomic E-state index is 12.3. The Bertz CT molecular complexity index is 1490. The summed E-state index contributed by atoms with van der Waals surface area (Å²) in [6.07, 6.45) is 93.4. The van der Waals surface area contributed by atoms with Gasteiger partial charge in [0.25, 0.3) is 0 Å². The average Bonchev–Trinajstić information content (AvgIpc) is 3.40. The highest BCUT2D eigenvalue weighted by Gasteiger charge is 2.16. The van der Waals surface area contributed by atoms with Gasteiger partial charge in [0.1, 0.15) is 6.61 Å². The van der Waals surface area contributed by atoms with Crippen LogP contribution in [0.1, 0.15) is 284 Å². The van der Waals surface area contributed by atoms with E-state index < -0.39 is 6.10 Å². The molecule has 0 spiro atoms. The Morgan fingerprint density at radius 1 is 0.311 bits per heavy atom. The first-order valence-electron chi connectivity index (χ1n) is 31.1. The van der Waals surface area contributed by atoms with Crippen LogP contribution in [-0.2, 0) is 19.1 Å². The van der Waals surface area contributed by atoms with Crippen LogP contribution in [0.25, 0.3) is 0 Å². The average molecular weight is 1030 g/mol. The second-order valence-electron chi connectivity index (χ2n) is 20.4. The van der Waals surface area contributed by atoms with Gasteiger partial charge in [-0.25, -0.2) is 0 Å². The van der Waals surface area contributed by atoms with Crippen molar-refractivity contribution in [1.82, 2.24) is 0 Å². The van der Waals surface area contributed by atoms with Crippen molar-refractivity contribution in [2.75, 3.05) is 13.2 Å². The van der Waals surface area contributed by atoms with Crippen LogP contribution in [0.2, 0.25) is 0 Å². The zero-order valence-electron chi connectivity index (χ0n) is 48.3. The summed E-state index contributed by atoms with van der Waals surface area (Å²) < 4.78 is 10.7. The molecule has 0 saturated carbocycles. The molecular weight excluding hydrogens is 909 g/mol. The SMILES string of the molecule is CC/C=C\C/C=C\C/C=C\C/C=C\C/C=C\CCCCCCCCCCCCCCCCCCCCCCCCCC(=O)OC(CO)COC(=O)CCCCCCC/C=C\C/C=C\C/C=C\C/C=C\C/C=C\CC. The van der Waals surface area contributed by atoms with E-state index in [9.17, 15) is 14.7 Å². The molecular formula is C69H116O5. The first-order valence-corrected chi connectivity index (χ1v) is 31.1. The number of aliphatic hydroxyl groups excluding tert-OH is 1. The third kappa shape index (κ3) is 60.9. The lowest BCUT2D eigenvalue weighted by molar-refractivity contribution is -0.161. The van der Waals surface area contributed by atoms with Gasteiger partial charge in [0.15, 0.2) is 6.10 Å². The molecule has 1 unspecified atom stereocenters. The van der Waals surface area contributed by atoms with Gasteiger partial charge < -0.3 is 14.6 Å². The fourth-order valence-electron chi connectivity index (χ4n) is 8.67. The lowest BCUT2D eigenvalue weighted by Gasteiger charge is -2.15. The highest BCUT2D eigenvalue weighted by atomic mass is 16.6. The molecule has 1 N–H and O–H groups in total. The number of allylic oxidation sites excluding steroid dienone is 20. The lowest BCUT2D eigenvalue weighted by atomic mass is 10.0. The van der Waals surface area contributed by atoms with E-state index in [1.54, 1.807) is 0 Å². The van der Waals surface area contributed by atoms with Crippen LogP contribution < -0.4 is 0 Å². The molecule has 1 atom stereocenters. The van der Waals surface area contributed by atoms with E-state index in [4.69, 9.17) is 9.47 Å². The number of aliphatic hydroxyl groups is 1. The highest BCUT2D eigenvalue weighted by molar-refractivity contribution is 5.70. The van der Waals surface area contributed by atoms with Gasteiger partial charge in [-0.1, -0.05) is 289 Å². The first-order chi connectivity index (χ1) is 36.6. The van der Waals surface area contributed by atoms with Gasteiger partial charge >= 0.3 is 11.9 Å². The molecule has 0 bridgehead atoms. The van der Waals surface area contributed by atoms with Crippen molar-refractivity contribution in [2.24, 2.45) is 0 Å². The second kappa shape index (κ2) is 63.6. The van der Waals surface area contributed by atoms with Crippen molar-refractivity contribution < 1.29 is 24.2 Å². The smallest absolute Gasteiger partial charge is 0.306 e. The minimum atomic E-state index is -0.786. The largest absolute Gasteiger partial charge is 0.462 e. The molecule has 0 aromatic rings. The first kappa shape index (κ1) is 70.3. The fourth-order valence-corrected chi connectivity index (χ4v) is 8.67. The predicted molar refractivity (Wildman–Crippen MR) is 325 cm³/mol. The molecule has 0 radical (unpaired) electrons. The van der Waals surface area contributed by atoms with Crippen LogP contribution >= 0.6 is 0 Å². The van der Waals surface area contributed by atoms with Gasteiger partial charge in [0.2, 0.25) is 0 Å². The van der Waals surface area contributed by atoms with Crippen LogP contribution in [0.15, 0.2) is 122 Å². The summed E-state index contributed by atoms with van der Waals surface area (Å²) in [7, 11) is 0. The van der Waals surface area contributed by atoms with Crippen molar-refractivity contribution in [3.05, 3.63) is 122 Å². The Morgan fingerprint density at radius 2 is 0.541 bits per heavy atom. The Hall–Kier alpha value is -3.70. The number of hydrogen-bond acceptors (Lipinski definition) is 5. The van der Waals surface area contributed by atoms with Crippen molar-refractivity contribution in [1.29, 1.82) is 0 Å². The summed E-state index contributed by atoms with van der Waals surface area (Å²) in [5.41, 5.74) is 0. The summed E-state index contributed by atoms with van der Waals surface area (Å²) in [6, 6.07) is 0. The van der Waals surface area contributed by atoms with E-state index in [0.29, 0.717) is 12.8 Å². The number of unbranched alkanes of at least 4 members (excludes halogenated alkanes) is 28. The second-order valence-corrected chi connectivity index (χ2v) is 20.4. The molecule has 0 aliphatic carbocycles. The number of ether oxygens (including phenoxy) is 2. The van der Waals surface area contributed by atoms with Crippen molar-refractivity contribution in [3.63, 3.8) is 0 Å². The van der Waals surface area contributed by atoms with E-state index in [-0.39, 0.29) is 25.2 Å². The van der Waals surface area contributed by atoms with E-state index >= 15 is 0 Å². The van der Waals surface area contributed by atoms with Crippen molar-refractivity contribution >= 4 is 11.9 Å². The van der Waals surface area contributed by atoms with Gasteiger partial charge in [0.05, 0.1) is 6.61 Å². The van der Waals surface area contributed by atoms with Gasteiger partial charge in [-0.05, 0) is 103 Å². The van der Waals surface area contributed by atoms with Gasteiger partial charge in [0, 0.05) is 12.8 Å². The van der Waals surface area contributed by atoms with E-state index in [2.05, 4.69) is 135 Å². The molecule has 0 aromatic heterocycles. The van der Waals surface area contributed by atoms with Gasteiger partial charge in [-0.2, -0.15) is 0 Å². The monoisotopic (exact) mass is 1020 g/mol. The maximum Gasteiger partial charge on any atom is 0.306 e. The number of rotatable bonds is 56. The minimum Gasteiger partial charge on any atom is -0.462 e. The molecule has 0 heterocycles. The lowest BCUT2D eigenvalue weighted by Crippen LogP contribution is -2.28. The molecule has 422 valence electrons. The molecule has 0 aliphatic heterocycles. The number of hydrogen-bond donors (Lipinski definition) is 1. The zero-order valence-corrected chi connectivity index (χ0v) is 48.3. The van der Waals surface area contributed by atoms with E-state index in [1.807, 2.05) is 0 Å². The summed E-state index contributed by atoms with van der Waals surface area (Å²) in [5.74, 6) is -0.609. The quantitative estimate of drug-likeness (QED) is 0.0373.